The SMILES string of the molecule is COc1cc(COC/C=C/c2cc(OC)c(OC)c(OC)c2)ccc1O. The van der Waals surface area contributed by atoms with Crippen LogP contribution in [-0.2, 0) is 11.3 Å². The molecule has 2 aromatic carbocycles. The second kappa shape index (κ2) is 9.58. The van der Waals surface area contributed by atoms with Gasteiger partial charge in [-0.1, -0.05) is 18.2 Å². The lowest BCUT2D eigenvalue weighted by Gasteiger charge is -2.12. The molecule has 0 radical (unpaired) electrons. The van der Waals surface area contributed by atoms with Crippen LogP contribution in [0.3, 0.4) is 0 Å². The molecule has 26 heavy (non-hydrogen) atoms. The van der Waals surface area contributed by atoms with Crippen LogP contribution in [0.4, 0.5) is 0 Å². The number of aromatic hydroxyl groups is 1. The Morgan fingerprint density at radius 2 is 1.50 bits per heavy atom. The summed E-state index contributed by atoms with van der Waals surface area (Å²) in [4.78, 5) is 0. The molecule has 0 aliphatic rings. The molecular formula is C20H24O6. The Labute approximate surface area is 153 Å². The van der Waals surface area contributed by atoms with Crippen molar-refractivity contribution in [3.63, 3.8) is 0 Å². The fourth-order valence-electron chi connectivity index (χ4n) is 2.44. The molecule has 2 rings (SSSR count). The van der Waals surface area contributed by atoms with Crippen molar-refractivity contribution in [1.82, 2.24) is 0 Å². The predicted octanol–water partition coefficient (Wildman–Crippen LogP) is 3.66. The summed E-state index contributed by atoms with van der Waals surface area (Å²) in [7, 11) is 6.25. The van der Waals surface area contributed by atoms with Crippen molar-refractivity contribution in [2.75, 3.05) is 35.0 Å². The van der Waals surface area contributed by atoms with Crippen LogP contribution >= 0.6 is 0 Å². The van der Waals surface area contributed by atoms with Gasteiger partial charge in [-0.3, -0.25) is 0 Å². The lowest BCUT2D eigenvalue weighted by atomic mass is 10.1. The Hall–Kier alpha value is -2.86. The molecule has 0 unspecified atom stereocenters. The molecule has 0 amide bonds. The molecule has 0 aromatic heterocycles. The Balaban J connectivity index is 1.96. The van der Waals surface area contributed by atoms with Crippen LogP contribution in [0.5, 0.6) is 28.7 Å². The van der Waals surface area contributed by atoms with Gasteiger partial charge in [-0.2, -0.15) is 0 Å². The van der Waals surface area contributed by atoms with Crippen LogP contribution in [0.2, 0.25) is 0 Å². The van der Waals surface area contributed by atoms with E-state index < -0.39 is 0 Å². The number of phenolic OH excluding ortho intramolecular Hbond substituents is 1. The molecule has 0 aliphatic heterocycles. The molecule has 0 aliphatic carbocycles. The van der Waals surface area contributed by atoms with E-state index in [1.807, 2.05) is 24.3 Å². The van der Waals surface area contributed by atoms with Gasteiger partial charge < -0.3 is 28.8 Å². The predicted molar refractivity (Wildman–Crippen MR) is 99.4 cm³/mol. The van der Waals surface area contributed by atoms with E-state index in [2.05, 4.69) is 0 Å². The van der Waals surface area contributed by atoms with E-state index in [1.165, 1.54) is 7.11 Å². The Morgan fingerprint density at radius 1 is 0.846 bits per heavy atom. The monoisotopic (exact) mass is 360 g/mol. The molecule has 0 spiro atoms. The molecule has 0 bridgehead atoms. The van der Waals surface area contributed by atoms with Crippen LogP contribution in [0.1, 0.15) is 11.1 Å². The van der Waals surface area contributed by atoms with E-state index in [1.54, 1.807) is 39.5 Å². The van der Waals surface area contributed by atoms with Gasteiger partial charge in [0.15, 0.2) is 23.0 Å². The van der Waals surface area contributed by atoms with Gasteiger partial charge >= 0.3 is 0 Å². The lowest BCUT2D eigenvalue weighted by molar-refractivity contribution is 0.149. The zero-order chi connectivity index (χ0) is 18.9. The molecule has 140 valence electrons. The smallest absolute Gasteiger partial charge is 0.203 e. The summed E-state index contributed by atoms with van der Waals surface area (Å²) in [5.41, 5.74) is 1.83. The first-order valence-corrected chi connectivity index (χ1v) is 8.03. The zero-order valence-corrected chi connectivity index (χ0v) is 15.4. The minimum absolute atomic E-state index is 0.110. The van der Waals surface area contributed by atoms with Gasteiger partial charge in [-0.25, -0.2) is 0 Å². The first-order valence-electron chi connectivity index (χ1n) is 8.03. The summed E-state index contributed by atoms with van der Waals surface area (Å²) in [6.07, 6.45) is 3.82. The van der Waals surface area contributed by atoms with E-state index in [9.17, 15) is 5.11 Å². The zero-order valence-electron chi connectivity index (χ0n) is 15.4. The third-order valence-electron chi connectivity index (χ3n) is 3.72. The highest BCUT2D eigenvalue weighted by molar-refractivity contribution is 5.62. The minimum Gasteiger partial charge on any atom is -0.504 e. The Kier molecular flexibility index (Phi) is 7.17. The normalized spacial score (nSPS) is 10.8. The van der Waals surface area contributed by atoms with Crippen molar-refractivity contribution in [2.45, 2.75) is 6.61 Å². The van der Waals surface area contributed by atoms with Crippen LogP contribution in [0.25, 0.3) is 6.08 Å². The quantitative estimate of drug-likeness (QED) is 0.689. The molecule has 6 nitrogen and oxygen atoms in total. The van der Waals surface area contributed by atoms with E-state index in [4.69, 9.17) is 23.7 Å². The number of rotatable bonds is 9. The van der Waals surface area contributed by atoms with E-state index in [-0.39, 0.29) is 5.75 Å². The van der Waals surface area contributed by atoms with Crippen molar-refractivity contribution in [1.29, 1.82) is 0 Å². The van der Waals surface area contributed by atoms with Gasteiger partial charge in [-0.15, -0.1) is 0 Å². The number of benzene rings is 2. The first-order chi connectivity index (χ1) is 12.6. The van der Waals surface area contributed by atoms with E-state index in [0.717, 1.165) is 11.1 Å². The highest BCUT2D eigenvalue weighted by atomic mass is 16.5. The average molecular weight is 360 g/mol. The molecule has 0 saturated heterocycles. The van der Waals surface area contributed by atoms with Crippen LogP contribution in [0, 0.1) is 0 Å². The van der Waals surface area contributed by atoms with Crippen LogP contribution < -0.4 is 18.9 Å². The van der Waals surface area contributed by atoms with Gasteiger partial charge in [0.25, 0.3) is 0 Å². The Morgan fingerprint density at radius 3 is 2.08 bits per heavy atom. The molecule has 1 N–H and O–H groups in total. The van der Waals surface area contributed by atoms with Crippen LogP contribution in [-0.4, -0.2) is 40.2 Å². The molecule has 0 fully saturated rings. The summed E-state index contributed by atoms with van der Waals surface area (Å²) in [5, 5.41) is 9.59. The third-order valence-corrected chi connectivity index (χ3v) is 3.72. The molecule has 0 atom stereocenters. The maximum Gasteiger partial charge on any atom is 0.203 e. The van der Waals surface area contributed by atoms with Crippen LogP contribution in [0.15, 0.2) is 36.4 Å². The molecule has 0 heterocycles. The summed E-state index contributed by atoms with van der Waals surface area (Å²) in [6, 6.07) is 8.85. The summed E-state index contributed by atoms with van der Waals surface area (Å²) < 4.78 is 26.7. The number of hydrogen-bond acceptors (Lipinski definition) is 6. The van der Waals surface area contributed by atoms with Crippen molar-refractivity contribution < 1.29 is 28.8 Å². The molecule has 0 saturated carbocycles. The average Bonchev–Trinajstić information content (AvgIpc) is 2.67. The fraction of sp³-hybridized carbons (Fsp3) is 0.300. The summed E-state index contributed by atoms with van der Waals surface area (Å²) in [5.74, 6) is 2.30. The second-order valence-electron chi connectivity index (χ2n) is 5.38. The highest BCUT2D eigenvalue weighted by Crippen LogP contribution is 2.38. The number of methoxy groups -OCH3 is 4. The first kappa shape index (κ1) is 19.5. The van der Waals surface area contributed by atoms with Gasteiger partial charge in [0, 0.05) is 0 Å². The minimum atomic E-state index is 0.110. The molecule has 2 aromatic rings. The number of hydrogen-bond donors (Lipinski definition) is 1. The van der Waals surface area contributed by atoms with Crippen molar-refractivity contribution >= 4 is 6.08 Å². The largest absolute Gasteiger partial charge is 0.504 e. The van der Waals surface area contributed by atoms with E-state index >= 15 is 0 Å². The van der Waals surface area contributed by atoms with Crippen molar-refractivity contribution in [3.8, 4) is 28.7 Å². The summed E-state index contributed by atoms with van der Waals surface area (Å²) >= 11 is 0. The standard InChI is InChI=1S/C20H24O6/c1-22-17-12-15(7-8-16(17)21)13-26-9-5-6-14-10-18(23-2)20(25-4)19(11-14)24-3/h5-8,10-12,21H,9,13H2,1-4H3/b6-5+. The fourth-order valence-corrected chi connectivity index (χ4v) is 2.44. The lowest BCUT2D eigenvalue weighted by Crippen LogP contribution is -1.96. The maximum absolute atomic E-state index is 9.59. The second-order valence-corrected chi connectivity index (χ2v) is 5.38. The Bertz CT molecular complexity index is 729. The van der Waals surface area contributed by atoms with Crippen molar-refractivity contribution in [3.05, 3.63) is 47.5 Å². The van der Waals surface area contributed by atoms with Gasteiger partial charge in [0.1, 0.15) is 0 Å². The number of ether oxygens (including phenoxy) is 5. The van der Waals surface area contributed by atoms with E-state index in [0.29, 0.717) is 36.2 Å². The molecular weight excluding hydrogens is 336 g/mol. The topological polar surface area (TPSA) is 66.4 Å². The van der Waals surface area contributed by atoms with Gasteiger partial charge in [0.05, 0.1) is 41.7 Å². The molecule has 6 heteroatoms. The highest BCUT2D eigenvalue weighted by Gasteiger charge is 2.11. The summed E-state index contributed by atoms with van der Waals surface area (Å²) in [6.45, 7) is 0.843. The van der Waals surface area contributed by atoms with Gasteiger partial charge in [-0.05, 0) is 35.4 Å². The van der Waals surface area contributed by atoms with Crippen molar-refractivity contribution in [2.24, 2.45) is 0 Å². The third kappa shape index (κ3) is 4.83. The van der Waals surface area contributed by atoms with Gasteiger partial charge in [0.2, 0.25) is 5.75 Å². The number of phenols is 1. The maximum atomic E-state index is 9.59.